The molecule has 4 N–H and O–H groups in total. The van der Waals surface area contributed by atoms with E-state index in [0.29, 0.717) is 18.2 Å². The molecule has 2 aromatic rings. The van der Waals surface area contributed by atoms with Crippen LogP contribution in [0.5, 0.6) is 11.5 Å². The van der Waals surface area contributed by atoms with E-state index in [1.807, 2.05) is 12.1 Å². The van der Waals surface area contributed by atoms with E-state index in [1.165, 1.54) is 5.56 Å². The largest absolute Gasteiger partial charge is 0.497 e. The monoisotopic (exact) mass is 360 g/mol. The smallest absolute Gasteiger partial charge is 0.222 e. The maximum atomic E-state index is 9.47. The zero-order valence-electron chi connectivity index (χ0n) is 15.4. The molecule has 2 rings (SSSR count). The number of methoxy groups -OCH3 is 1. The normalized spacial score (nSPS) is 11.8. The molecule has 7 heteroatoms. The SMILES string of the molecule is CCC[C@H](CO)Nc1nc(N)ncc1OCCCc1ccc(OC)cc1. The van der Waals surface area contributed by atoms with Crippen molar-refractivity contribution in [2.24, 2.45) is 0 Å². The Morgan fingerprint density at radius 3 is 2.69 bits per heavy atom. The lowest BCUT2D eigenvalue weighted by atomic mass is 10.1. The summed E-state index contributed by atoms with van der Waals surface area (Å²) < 4.78 is 11.0. The van der Waals surface area contributed by atoms with Crippen LogP contribution >= 0.6 is 0 Å². The Labute approximate surface area is 154 Å². The van der Waals surface area contributed by atoms with Gasteiger partial charge in [-0.25, -0.2) is 4.98 Å². The second-order valence-electron chi connectivity index (χ2n) is 6.05. The number of ether oxygens (including phenoxy) is 2. The van der Waals surface area contributed by atoms with Gasteiger partial charge in [0.25, 0.3) is 0 Å². The van der Waals surface area contributed by atoms with Gasteiger partial charge in [0.2, 0.25) is 5.95 Å². The van der Waals surface area contributed by atoms with Gasteiger partial charge in [-0.15, -0.1) is 0 Å². The highest BCUT2D eigenvalue weighted by atomic mass is 16.5. The highest BCUT2D eigenvalue weighted by Crippen LogP contribution is 2.23. The Morgan fingerprint density at radius 2 is 2.04 bits per heavy atom. The summed E-state index contributed by atoms with van der Waals surface area (Å²) >= 11 is 0. The molecule has 0 saturated heterocycles. The summed E-state index contributed by atoms with van der Waals surface area (Å²) in [5.74, 6) is 2.09. The van der Waals surface area contributed by atoms with E-state index in [9.17, 15) is 5.11 Å². The van der Waals surface area contributed by atoms with Crippen LogP contribution in [0.1, 0.15) is 31.7 Å². The van der Waals surface area contributed by atoms with Gasteiger partial charge >= 0.3 is 0 Å². The van der Waals surface area contributed by atoms with Gasteiger partial charge in [-0.05, 0) is 37.0 Å². The van der Waals surface area contributed by atoms with Gasteiger partial charge in [0.1, 0.15) is 5.75 Å². The van der Waals surface area contributed by atoms with Crippen molar-refractivity contribution in [3.05, 3.63) is 36.0 Å². The predicted octanol–water partition coefficient (Wildman–Crippen LogP) is 2.65. The molecule has 1 aromatic heterocycles. The second kappa shape index (κ2) is 10.5. The lowest BCUT2D eigenvalue weighted by molar-refractivity contribution is 0.267. The van der Waals surface area contributed by atoms with Crippen LogP contribution in [0.25, 0.3) is 0 Å². The number of hydrogen-bond acceptors (Lipinski definition) is 7. The number of anilines is 2. The quantitative estimate of drug-likeness (QED) is 0.529. The molecule has 0 spiro atoms. The Kier molecular flexibility index (Phi) is 7.95. The molecule has 1 heterocycles. The number of aliphatic hydroxyl groups is 1. The number of nitrogens with zero attached hydrogens (tertiary/aromatic N) is 2. The van der Waals surface area contributed by atoms with Crippen molar-refractivity contribution in [1.29, 1.82) is 0 Å². The lowest BCUT2D eigenvalue weighted by Crippen LogP contribution is -2.24. The van der Waals surface area contributed by atoms with E-state index in [0.717, 1.165) is 31.4 Å². The number of nitrogens with two attached hydrogens (primary N) is 1. The molecule has 0 radical (unpaired) electrons. The number of aliphatic hydroxyl groups excluding tert-OH is 1. The number of rotatable bonds is 11. The van der Waals surface area contributed by atoms with Gasteiger partial charge in [-0.1, -0.05) is 25.5 Å². The third kappa shape index (κ3) is 6.07. The van der Waals surface area contributed by atoms with Gasteiger partial charge in [0.15, 0.2) is 11.6 Å². The minimum absolute atomic E-state index is 0.0225. The fraction of sp³-hybridized carbons (Fsp3) is 0.474. The molecule has 142 valence electrons. The summed E-state index contributed by atoms with van der Waals surface area (Å²) in [5, 5.41) is 12.7. The van der Waals surface area contributed by atoms with Gasteiger partial charge in [0.05, 0.1) is 32.6 Å². The van der Waals surface area contributed by atoms with Crippen molar-refractivity contribution in [2.45, 2.75) is 38.6 Å². The van der Waals surface area contributed by atoms with Crippen molar-refractivity contribution in [3.63, 3.8) is 0 Å². The number of nitrogens with one attached hydrogen (secondary N) is 1. The van der Waals surface area contributed by atoms with E-state index in [-0.39, 0.29) is 18.6 Å². The first-order valence-corrected chi connectivity index (χ1v) is 8.91. The average Bonchev–Trinajstić information content (AvgIpc) is 2.66. The molecule has 26 heavy (non-hydrogen) atoms. The molecule has 1 aromatic carbocycles. The summed E-state index contributed by atoms with van der Waals surface area (Å²) in [6.45, 7) is 2.62. The molecule has 0 amide bonds. The highest BCUT2D eigenvalue weighted by Gasteiger charge is 2.13. The van der Waals surface area contributed by atoms with Crippen molar-refractivity contribution >= 4 is 11.8 Å². The highest BCUT2D eigenvalue weighted by molar-refractivity contribution is 5.51. The van der Waals surface area contributed by atoms with Crippen LogP contribution in [0.3, 0.4) is 0 Å². The van der Waals surface area contributed by atoms with Gasteiger partial charge in [0, 0.05) is 0 Å². The third-order valence-electron chi connectivity index (χ3n) is 4.00. The standard InChI is InChI=1S/C19H28N4O3/c1-3-5-15(13-24)22-18-17(12-21-19(20)23-18)26-11-4-6-14-7-9-16(25-2)10-8-14/h7-10,12,15,24H,3-6,11,13H2,1-2H3,(H3,20,21,22,23)/t15-/m1/s1. The Balaban J connectivity index is 1.89. The predicted molar refractivity (Wildman–Crippen MR) is 103 cm³/mol. The van der Waals surface area contributed by atoms with Crippen molar-refractivity contribution < 1.29 is 14.6 Å². The number of aromatic nitrogens is 2. The fourth-order valence-electron chi connectivity index (χ4n) is 2.59. The van der Waals surface area contributed by atoms with E-state index in [1.54, 1.807) is 13.3 Å². The van der Waals surface area contributed by atoms with Crippen LogP contribution in [-0.2, 0) is 6.42 Å². The number of aryl methyl sites for hydroxylation is 1. The summed E-state index contributed by atoms with van der Waals surface area (Å²) in [4.78, 5) is 8.20. The number of hydrogen-bond donors (Lipinski definition) is 3. The number of nitrogen functional groups attached to an aromatic ring is 1. The molecule has 0 unspecified atom stereocenters. The van der Waals surface area contributed by atoms with E-state index in [4.69, 9.17) is 15.2 Å². The van der Waals surface area contributed by atoms with Crippen LogP contribution in [0, 0.1) is 0 Å². The lowest BCUT2D eigenvalue weighted by Gasteiger charge is -2.18. The van der Waals surface area contributed by atoms with E-state index in [2.05, 4.69) is 34.3 Å². The van der Waals surface area contributed by atoms with Crippen LogP contribution in [0.4, 0.5) is 11.8 Å². The average molecular weight is 360 g/mol. The Hall–Kier alpha value is -2.54. The van der Waals surface area contributed by atoms with E-state index < -0.39 is 0 Å². The van der Waals surface area contributed by atoms with Gasteiger partial charge in [-0.3, -0.25) is 0 Å². The molecule has 0 bridgehead atoms. The summed E-state index contributed by atoms with van der Waals surface area (Å²) in [6, 6.07) is 7.92. The zero-order chi connectivity index (χ0) is 18.8. The van der Waals surface area contributed by atoms with E-state index >= 15 is 0 Å². The first kappa shape index (κ1) is 19.8. The molecule has 0 aliphatic heterocycles. The van der Waals surface area contributed by atoms with Crippen LogP contribution in [-0.4, -0.2) is 41.4 Å². The van der Waals surface area contributed by atoms with Crippen LogP contribution in [0.15, 0.2) is 30.5 Å². The third-order valence-corrected chi connectivity index (χ3v) is 4.00. The molecular weight excluding hydrogens is 332 g/mol. The maximum Gasteiger partial charge on any atom is 0.222 e. The minimum Gasteiger partial charge on any atom is -0.497 e. The van der Waals surface area contributed by atoms with Crippen LogP contribution in [0.2, 0.25) is 0 Å². The molecule has 7 nitrogen and oxygen atoms in total. The zero-order valence-corrected chi connectivity index (χ0v) is 15.4. The molecular formula is C19H28N4O3. The van der Waals surface area contributed by atoms with Crippen molar-refractivity contribution in [1.82, 2.24) is 9.97 Å². The van der Waals surface area contributed by atoms with Gasteiger partial charge in [-0.2, -0.15) is 4.98 Å². The fourth-order valence-corrected chi connectivity index (χ4v) is 2.59. The Bertz CT molecular complexity index is 664. The summed E-state index contributed by atoms with van der Waals surface area (Å²) in [7, 11) is 1.66. The summed E-state index contributed by atoms with van der Waals surface area (Å²) in [5.41, 5.74) is 6.91. The van der Waals surface area contributed by atoms with Crippen LogP contribution < -0.4 is 20.5 Å². The Morgan fingerprint density at radius 1 is 1.27 bits per heavy atom. The molecule has 1 atom stereocenters. The molecule has 0 fully saturated rings. The topological polar surface area (TPSA) is 103 Å². The second-order valence-corrected chi connectivity index (χ2v) is 6.05. The molecule has 0 saturated carbocycles. The summed E-state index contributed by atoms with van der Waals surface area (Å²) in [6.07, 6.45) is 5.11. The van der Waals surface area contributed by atoms with Crippen molar-refractivity contribution in [3.8, 4) is 11.5 Å². The van der Waals surface area contributed by atoms with Gasteiger partial charge < -0.3 is 25.6 Å². The first-order valence-electron chi connectivity index (χ1n) is 8.91. The van der Waals surface area contributed by atoms with Crippen molar-refractivity contribution in [2.75, 3.05) is 31.4 Å². The number of benzene rings is 1. The molecule has 0 aliphatic rings. The minimum atomic E-state index is -0.0871. The first-order chi connectivity index (χ1) is 12.7. The maximum absolute atomic E-state index is 9.47. The molecule has 0 aliphatic carbocycles.